The molecule has 2 aliphatic carbocycles. The van der Waals surface area contributed by atoms with Gasteiger partial charge in [-0.1, -0.05) is 25.9 Å². The second-order valence-electron chi connectivity index (χ2n) is 9.91. The zero-order valence-corrected chi connectivity index (χ0v) is 17.1. The third-order valence-corrected chi connectivity index (χ3v) is 7.47. The molecule has 1 aliphatic heterocycles. The van der Waals surface area contributed by atoms with Crippen LogP contribution >= 0.6 is 0 Å². The molecule has 0 amide bonds. The molecule has 27 heavy (non-hydrogen) atoms. The Morgan fingerprint density at radius 3 is 2.41 bits per heavy atom. The van der Waals surface area contributed by atoms with Gasteiger partial charge in [-0.3, -0.25) is 4.79 Å². The summed E-state index contributed by atoms with van der Waals surface area (Å²) in [4.78, 5) is 18.1. The van der Waals surface area contributed by atoms with E-state index in [0.29, 0.717) is 6.42 Å². The molecular weight excluding hydrogens is 350 g/mol. The Balaban J connectivity index is 2.14. The van der Waals surface area contributed by atoms with Gasteiger partial charge in [-0.05, 0) is 32.1 Å². The number of Topliss-reactive ketones (excluding diaryl/α,β-unsaturated/α-hetero) is 1. The van der Waals surface area contributed by atoms with Crippen LogP contribution in [-0.2, 0) is 14.4 Å². The van der Waals surface area contributed by atoms with Gasteiger partial charge in [0.2, 0.25) is 0 Å². The quantitative estimate of drug-likeness (QED) is 0.490. The molecule has 0 spiro atoms. The summed E-state index contributed by atoms with van der Waals surface area (Å²) in [7, 11) is 1.40. The summed E-state index contributed by atoms with van der Waals surface area (Å²) in [5.74, 6) is -1.25. The van der Waals surface area contributed by atoms with Crippen molar-refractivity contribution >= 4 is 12.0 Å². The Morgan fingerprint density at radius 2 is 1.81 bits per heavy atom. The zero-order chi connectivity index (χ0) is 20.4. The molecule has 2 saturated carbocycles. The first-order chi connectivity index (χ1) is 12.3. The number of carbonyl (C=O) groups is 1. The average Bonchev–Trinajstić information content (AvgIpc) is 2.54. The number of fused-ring (bicyclic) bond motifs is 3. The lowest BCUT2D eigenvalue weighted by Crippen LogP contribution is -2.77. The number of oxime groups is 1. The molecule has 0 unspecified atom stereocenters. The number of aliphatic hydroxyl groups is 3. The van der Waals surface area contributed by atoms with Gasteiger partial charge in [0.05, 0.1) is 24.3 Å². The van der Waals surface area contributed by atoms with Crippen LogP contribution in [0.15, 0.2) is 5.16 Å². The van der Waals surface area contributed by atoms with E-state index in [1.165, 1.54) is 13.3 Å². The zero-order valence-electron chi connectivity index (χ0n) is 17.1. The molecule has 3 aliphatic rings. The van der Waals surface area contributed by atoms with E-state index in [1.54, 1.807) is 13.8 Å². The van der Waals surface area contributed by atoms with Gasteiger partial charge in [0, 0.05) is 17.8 Å². The standard InChI is InChI=1S/C20H33NO6/c1-17(2)8-7-12(23)19(4)14-11(22)9-18(3,10-21-26-6)27-20(14,5)16(25)13(24)15(17)19/h10,12-16,23-25H,7-9H2,1-6H3/t12-,13-,14+,15-,16-,18+,19+,20-/m0/s1. The van der Waals surface area contributed by atoms with Crippen LogP contribution in [0.4, 0.5) is 0 Å². The molecule has 7 nitrogen and oxygen atoms in total. The van der Waals surface area contributed by atoms with Crippen LogP contribution in [0.5, 0.6) is 0 Å². The molecule has 0 aromatic heterocycles. The highest BCUT2D eigenvalue weighted by molar-refractivity contribution is 5.90. The maximum atomic E-state index is 13.4. The number of rotatable bonds is 2. The molecule has 0 aromatic carbocycles. The van der Waals surface area contributed by atoms with Crippen LogP contribution in [0.3, 0.4) is 0 Å². The van der Waals surface area contributed by atoms with Crippen LogP contribution in [-0.4, -0.2) is 63.9 Å². The molecule has 0 aromatic rings. The summed E-state index contributed by atoms with van der Waals surface area (Å²) in [5.41, 5.74) is -3.62. The molecule has 3 rings (SSSR count). The van der Waals surface area contributed by atoms with Crippen molar-refractivity contribution in [1.82, 2.24) is 0 Å². The van der Waals surface area contributed by atoms with E-state index in [0.717, 1.165) is 6.42 Å². The average molecular weight is 383 g/mol. The van der Waals surface area contributed by atoms with E-state index in [4.69, 9.17) is 9.57 Å². The third-order valence-electron chi connectivity index (χ3n) is 7.47. The molecular formula is C20H33NO6. The fourth-order valence-corrected chi connectivity index (χ4v) is 6.54. The summed E-state index contributed by atoms with van der Waals surface area (Å²) in [6, 6.07) is 0. The third kappa shape index (κ3) is 2.77. The van der Waals surface area contributed by atoms with Crippen molar-refractivity contribution in [1.29, 1.82) is 0 Å². The lowest BCUT2D eigenvalue weighted by Gasteiger charge is -2.67. The second-order valence-corrected chi connectivity index (χ2v) is 9.91. The minimum atomic E-state index is -1.34. The first-order valence-corrected chi connectivity index (χ1v) is 9.68. The summed E-state index contributed by atoms with van der Waals surface area (Å²) < 4.78 is 6.28. The van der Waals surface area contributed by atoms with Gasteiger partial charge >= 0.3 is 0 Å². The van der Waals surface area contributed by atoms with Crippen LogP contribution < -0.4 is 0 Å². The molecule has 8 atom stereocenters. The van der Waals surface area contributed by atoms with Crippen molar-refractivity contribution < 1.29 is 29.7 Å². The highest BCUT2D eigenvalue weighted by Crippen LogP contribution is 2.64. The molecule has 3 N–H and O–H groups in total. The molecule has 7 heteroatoms. The highest BCUT2D eigenvalue weighted by Gasteiger charge is 2.72. The fraction of sp³-hybridized carbons (Fsp3) is 0.900. The highest BCUT2D eigenvalue weighted by atomic mass is 16.6. The molecule has 1 heterocycles. The van der Waals surface area contributed by atoms with Crippen molar-refractivity contribution in [2.24, 2.45) is 27.8 Å². The fourth-order valence-electron chi connectivity index (χ4n) is 6.54. The Morgan fingerprint density at radius 1 is 1.19 bits per heavy atom. The summed E-state index contributed by atoms with van der Waals surface area (Å²) in [6.07, 6.45) is -0.383. The predicted molar refractivity (Wildman–Crippen MR) is 99.1 cm³/mol. The van der Waals surface area contributed by atoms with Gasteiger partial charge in [-0.25, -0.2) is 0 Å². The predicted octanol–water partition coefficient (Wildman–Crippen LogP) is 1.28. The minimum absolute atomic E-state index is 0.0678. The summed E-state index contributed by atoms with van der Waals surface area (Å²) in [6.45, 7) is 9.31. The summed E-state index contributed by atoms with van der Waals surface area (Å²) in [5, 5.41) is 37.0. The van der Waals surface area contributed by atoms with Crippen LogP contribution in [0, 0.1) is 22.7 Å². The monoisotopic (exact) mass is 383 g/mol. The number of nitrogens with zero attached hydrogens (tertiary/aromatic N) is 1. The number of ether oxygens (including phenoxy) is 1. The number of hydrogen-bond donors (Lipinski definition) is 3. The molecule has 154 valence electrons. The normalized spacial score (nSPS) is 52.3. The van der Waals surface area contributed by atoms with E-state index in [1.807, 2.05) is 20.8 Å². The Hall–Kier alpha value is -1.02. The number of aliphatic hydroxyl groups excluding tert-OH is 3. The van der Waals surface area contributed by atoms with E-state index in [-0.39, 0.29) is 17.6 Å². The first-order valence-electron chi connectivity index (χ1n) is 9.68. The topological polar surface area (TPSA) is 109 Å². The van der Waals surface area contributed by atoms with Gasteiger partial charge in [0.15, 0.2) is 0 Å². The van der Waals surface area contributed by atoms with Gasteiger partial charge in [0.1, 0.15) is 30.2 Å². The Kier molecular flexibility index (Phi) is 4.79. The van der Waals surface area contributed by atoms with Gasteiger partial charge in [0.25, 0.3) is 0 Å². The SMILES string of the molecule is CON=C[C@@]1(C)CC(=O)[C@H]2[C@](C)(O1)[C@@H](O)[C@@H](O)[C@H]1C(C)(C)CC[C@H](O)[C@@]12C. The van der Waals surface area contributed by atoms with E-state index in [2.05, 4.69) is 5.16 Å². The Labute approximate surface area is 160 Å². The van der Waals surface area contributed by atoms with Crippen molar-refractivity contribution in [2.45, 2.75) is 83.4 Å². The van der Waals surface area contributed by atoms with Gasteiger partial charge in [-0.15, -0.1) is 0 Å². The lowest BCUT2D eigenvalue weighted by atomic mass is 9.42. The van der Waals surface area contributed by atoms with Crippen molar-refractivity contribution in [2.75, 3.05) is 7.11 Å². The van der Waals surface area contributed by atoms with Crippen molar-refractivity contribution in [3.63, 3.8) is 0 Å². The molecule has 0 bridgehead atoms. The number of hydrogen-bond acceptors (Lipinski definition) is 7. The largest absolute Gasteiger partial charge is 0.399 e. The molecule has 1 saturated heterocycles. The van der Waals surface area contributed by atoms with Crippen molar-refractivity contribution in [3.05, 3.63) is 0 Å². The minimum Gasteiger partial charge on any atom is -0.399 e. The van der Waals surface area contributed by atoms with Crippen LogP contribution in [0.2, 0.25) is 0 Å². The van der Waals surface area contributed by atoms with E-state index < -0.39 is 46.8 Å². The molecule has 3 fully saturated rings. The van der Waals surface area contributed by atoms with Crippen molar-refractivity contribution in [3.8, 4) is 0 Å². The maximum absolute atomic E-state index is 13.4. The van der Waals surface area contributed by atoms with E-state index >= 15 is 0 Å². The number of ketones is 1. The summed E-state index contributed by atoms with van der Waals surface area (Å²) >= 11 is 0. The smallest absolute Gasteiger partial charge is 0.142 e. The number of carbonyl (C=O) groups excluding carboxylic acids is 1. The van der Waals surface area contributed by atoms with Gasteiger partial charge < -0.3 is 24.9 Å². The van der Waals surface area contributed by atoms with Gasteiger partial charge in [-0.2, -0.15) is 0 Å². The maximum Gasteiger partial charge on any atom is 0.142 e. The second kappa shape index (κ2) is 6.24. The van der Waals surface area contributed by atoms with Crippen LogP contribution in [0.1, 0.15) is 53.9 Å². The first kappa shape index (κ1) is 20.7. The van der Waals surface area contributed by atoms with Crippen LogP contribution in [0.25, 0.3) is 0 Å². The molecule has 0 radical (unpaired) electrons. The van der Waals surface area contributed by atoms with E-state index in [9.17, 15) is 20.1 Å². The lowest BCUT2D eigenvalue weighted by molar-refractivity contribution is -0.316. The Bertz CT molecular complexity index is 650.